The van der Waals surface area contributed by atoms with Crippen molar-refractivity contribution in [1.82, 2.24) is 4.90 Å². The normalized spacial score (nSPS) is 21.7. The second-order valence-corrected chi connectivity index (χ2v) is 6.78. The van der Waals surface area contributed by atoms with E-state index in [1.54, 1.807) is 0 Å². The first-order valence-electron chi connectivity index (χ1n) is 8.79. The van der Waals surface area contributed by atoms with E-state index < -0.39 is 11.6 Å². The molecule has 1 fully saturated rings. The fourth-order valence-corrected chi connectivity index (χ4v) is 3.18. The maximum atomic E-state index is 11.1. The Morgan fingerprint density at radius 2 is 1.78 bits per heavy atom. The molecule has 1 aliphatic rings. The maximum absolute atomic E-state index is 11.1. The fraction of sp³-hybridized carbons (Fsp3) is 0.632. The number of aryl methyl sites for hydroxylation is 1. The van der Waals surface area contributed by atoms with E-state index in [-0.39, 0.29) is 6.54 Å². The molecule has 0 amide bonds. The minimum Gasteiger partial charge on any atom is -0.479 e. The van der Waals surface area contributed by atoms with E-state index in [1.807, 2.05) is 4.90 Å². The lowest BCUT2D eigenvalue weighted by Gasteiger charge is -2.19. The second-order valence-electron chi connectivity index (χ2n) is 6.78. The zero-order valence-corrected chi connectivity index (χ0v) is 14.1. The molecule has 1 aromatic carbocycles. The van der Waals surface area contributed by atoms with Crippen molar-refractivity contribution in [2.45, 2.75) is 64.0 Å². The second kappa shape index (κ2) is 8.46. The molecule has 1 heterocycles. The number of rotatable bonds is 9. The van der Waals surface area contributed by atoms with Gasteiger partial charge in [0.15, 0.2) is 5.60 Å². The van der Waals surface area contributed by atoms with Crippen molar-refractivity contribution in [2.75, 3.05) is 13.1 Å². The summed E-state index contributed by atoms with van der Waals surface area (Å²) in [6.07, 6.45) is 7.93. The van der Waals surface area contributed by atoms with Crippen LogP contribution >= 0.6 is 0 Å². The first-order valence-corrected chi connectivity index (χ1v) is 8.79. The molecule has 1 aromatic rings. The van der Waals surface area contributed by atoms with E-state index in [4.69, 9.17) is 5.11 Å². The van der Waals surface area contributed by atoms with Gasteiger partial charge in [-0.25, -0.2) is 4.79 Å². The van der Waals surface area contributed by atoms with Crippen LogP contribution < -0.4 is 0 Å². The zero-order valence-electron chi connectivity index (χ0n) is 14.1. The number of carboxylic acids is 1. The van der Waals surface area contributed by atoms with Gasteiger partial charge in [0.05, 0.1) is 0 Å². The third kappa shape index (κ3) is 5.33. The van der Waals surface area contributed by atoms with E-state index in [9.17, 15) is 9.90 Å². The number of hydrogen-bond donors (Lipinski definition) is 2. The maximum Gasteiger partial charge on any atom is 0.337 e. The summed E-state index contributed by atoms with van der Waals surface area (Å²) in [7, 11) is 0. The number of carboxylic acid groups (broad SMARTS) is 1. The average molecular weight is 319 g/mol. The molecule has 1 atom stereocenters. The summed E-state index contributed by atoms with van der Waals surface area (Å²) >= 11 is 0. The molecule has 2 N–H and O–H groups in total. The highest BCUT2D eigenvalue weighted by atomic mass is 16.4. The van der Waals surface area contributed by atoms with Crippen LogP contribution in [0.25, 0.3) is 0 Å². The fourth-order valence-electron chi connectivity index (χ4n) is 3.18. The Morgan fingerprint density at radius 3 is 2.39 bits per heavy atom. The number of aliphatic hydroxyl groups is 1. The van der Waals surface area contributed by atoms with E-state index in [0.717, 1.165) is 6.42 Å². The topological polar surface area (TPSA) is 60.8 Å². The Kier molecular flexibility index (Phi) is 6.60. The van der Waals surface area contributed by atoms with Crippen molar-refractivity contribution in [1.29, 1.82) is 0 Å². The van der Waals surface area contributed by atoms with Crippen molar-refractivity contribution in [2.24, 2.45) is 0 Å². The predicted octanol–water partition coefficient (Wildman–Crippen LogP) is 3.22. The van der Waals surface area contributed by atoms with Gasteiger partial charge >= 0.3 is 5.97 Å². The Bertz CT molecular complexity index is 500. The van der Waals surface area contributed by atoms with Crippen LogP contribution in [-0.2, 0) is 17.8 Å². The SMILES string of the molecule is CCCCCCCc1ccc(CN2CCC(O)(C(=O)O)C2)cc1. The van der Waals surface area contributed by atoms with Crippen molar-refractivity contribution < 1.29 is 15.0 Å². The van der Waals surface area contributed by atoms with Crippen LogP contribution in [0.5, 0.6) is 0 Å². The van der Waals surface area contributed by atoms with E-state index in [2.05, 4.69) is 31.2 Å². The highest BCUT2D eigenvalue weighted by Gasteiger charge is 2.42. The molecule has 0 radical (unpaired) electrons. The van der Waals surface area contributed by atoms with Gasteiger partial charge in [0.1, 0.15) is 0 Å². The molecule has 2 rings (SSSR count). The van der Waals surface area contributed by atoms with Gasteiger partial charge in [0, 0.05) is 26.1 Å². The van der Waals surface area contributed by atoms with Gasteiger partial charge in [0.25, 0.3) is 0 Å². The molecule has 0 aromatic heterocycles. The standard InChI is InChI=1S/C19H29NO3/c1-2-3-4-5-6-7-16-8-10-17(11-9-16)14-20-13-12-19(23,15-20)18(21)22/h8-11,23H,2-7,12-15H2,1H3,(H,21,22). The average Bonchev–Trinajstić information content (AvgIpc) is 2.91. The summed E-state index contributed by atoms with van der Waals surface area (Å²) in [4.78, 5) is 13.1. The van der Waals surface area contributed by atoms with E-state index in [0.29, 0.717) is 19.5 Å². The van der Waals surface area contributed by atoms with Crippen LogP contribution in [0.2, 0.25) is 0 Å². The molecule has 0 spiro atoms. The summed E-state index contributed by atoms with van der Waals surface area (Å²) < 4.78 is 0. The number of carbonyl (C=O) groups is 1. The van der Waals surface area contributed by atoms with Crippen molar-refractivity contribution in [3.05, 3.63) is 35.4 Å². The first kappa shape index (κ1) is 18.0. The van der Waals surface area contributed by atoms with Gasteiger partial charge < -0.3 is 10.2 Å². The molecule has 1 unspecified atom stereocenters. The van der Waals surface area contributed by atoms with Crippen molar-refractivity contribution in [3.8, 4) is 0 Å². The molecule has 23 heavy (non-hydrogen) atoms. The van der Waals surface area contributed by atoms with Crippen LogP contribution in [0.1, 0.15) is 56.6 Å². The van der Waals surface area contributed by atoms with Crippen LogP contribution in [-0.4, -0.2) is 39.8 Å². The van der Waals surface area contributed by atoms with Crippen molar-refractivity contribution >= 4 is 5.97 Å². The smallest absolute Gasteiger partial charge is 0.337 e. The van der Waals surface area contributed by atoms with Gasteiger partial charge in [-0.05, 0) is 24.0 Å². The van der Waals surface area contributed by atoms with Gasteiger partial charge in [-0.15, -0.1) is 0 Å². The lowest BCUT2D eigenvalue weighted by Crippen LogP contribution is -2.41. The summed E-state index contributed by atoms with van der Waals surface area (Å²) in [5, 5.41) is 19.0. The van der Waals surface area contributed by atoms with Crippen molar-refractivity contribution in [3.63, 3.8) is 0 Å². The molecule has 1 aliphatic heterocycles. The molecule has 0 bridgehead atoms. The summed E-state index contributed by atoms with van der Waals surface area (Å²) in [6.45, 7) is 3.77. The number of likely N-dealkylation sites (tertiary alicyclic amines) is 1. The van der Waals surface area contributed by atoms with Crippen LogP contribution in [0.3, 0.4) is 0 Å². The zero-order chi connectivity index (χ0) is 16.7. The number of β-amino-alcohol motifs (C(OH)–C–C–N with tert-alkyl or cyclic N) is 1. The third-order valence-electron chi connectivity index (χ3n) is 4.72. The Hall–Kier alpha value is -1.39. The number of nitrogens with zero attached hydrogens (tertiary/aromatic N) is 1. The van der Waals surface area contributed by atoms with Crippen LogP contribution in [0.15, 0.2) is 24.3 Å². The highest BCUT2D eigenvalue weighted by Crippen LogP contribution is 2.23. The number of unbranched alkanes of at least 4 members (excludes halogenated alkanes) is 4. The van der Waals surface area contributed by atoms with Gasteiger partial charge in [-0.3, -0.25) is 4.90 Å². The minimum atomic E-state index is -1.57. The Labute approximate surface area is 139 Å². The molecule has 0 saturated carbocycles. The van der Waals surface area contributed by atoms with Crippen LogP contribution in [0.4, 0.5) is 0 Å². The quantitative estimate of drug-likeness (QED) is 0.686. The minimum absolute atomic E-state index is 0.210. The lowest BCUT2D eigenvalue weighted by molar-refractivity contribution is -0.157. The number of benzene rings is 1. The molecular weight excluding hydrogens is 290 g/mol. The van der Waals surface area contributed by atoms with Gasteiger partial charge in [0.2, 0.25) is 0 Å². The lowest BCUT2D eigenvalue weighted by atomic mass is 10.0. The molecule has 1 saturated heterocycles. The predicted molar refractivity (Wildman–Crippen MR) is 91.4 cm³/mol. The molecule has 128 valence electrons. The summed E-state index contributed by atoms with van der Waals surface area (Å²) in [6, 6.07) is 8.60. The Balaban J connectivity index is 1.76. The summed E-state index contributed by atoms with van der Waals surface area (Å²) in [5.41, 5.74) is 0.974. The first-order chi connectivity index (χ1) is 11.0. The largest absolute Gasteiger partial charge is 0.479 e. The monoisotopic (exact) mass is 319 g/mol. The van der Waals surface area contributed by atoms with E-state index in [1.165, 1.54) is 43.2 Å². The Morgan fingerprint density at radius 1 is 1.13 bits per heavy atom. The molecular formula is C19H29NO3. The molecule has 4 heteroatoms. The molecule has 4 nitrogen and oxygen atoms in total. The van der Waals surface area contributed by atoms with Crippen LogP contribution in [0, 0.1) is 0 Å². The summed E-state index contributed by atoms with van der Waals surface area (Å²) in [5.74, 6) is -1.11. The van der Waals surface area contributed by atoms with Gasteiger partial charge in [-0.1, -0.05) is 56.9 Å². The van der Waals surface area contributed by atoms with Gasteiger partial charge in [-0.2, -0.15) is 0 Å². The van der Waals surface area contributed by atoms with E-state index >= 15 is 0 Å². The number of aliphatic carboxylic acids is 1. The highest BCUT2D eigenvalue weighted by molar-refractivity contribution is 5.77. The third-order valence-corrected chi connectivity index (χ3v) is 4.72. The number of hydrogen-bond acceptors (Lipinski definition) is 3. The molecule has 0 aliphatic carbocycles.